The molecular formula is C32H49N3O7S. The maximum absolute atomic E-state index is 13.7. The number of rotatable bonds is 16. The Morgan fingerprint density at radius 2 is 1.63 bits per heavy atom. The fourth-order valence-corrected chi connectivity index (χ4v) is 5.93. The van der Waals surface area contributed by atoms with Gasteiger partial charge < -0.3 is 25.2 Å². The van der Waals surface area contributed by atoms with Crippen molar-refractivity contribution in [2.24, 2.45) is 5.92 Å². The van der Waals surface area contributed by atoms with Crippen LogP contribution in [0.5, 0.6) is 5.75 Å². The van der Waals surface area contributed by atoms with Crippen molar-refractivity contribution in [2.45, 2.75) is 95.9 Å². The molecule has 0 aliphatic heterocycles. The minimum absolute atomic E-state index is 0.0821. The van der Waals surface area contributed by atoms with Gasteiger partial charge >= 0.3 is 6.09 Å². The number of nitrogens with one attached hydrogen (secondary N) is 2. The number of amides is 2. The van der Waals surface area contributed by atoms with Crippen LogP contribution in [-0.4, -0.2) is 73.8 Å². The summed E-state index contributed by atoms with van der Waals surface area (Å²) in [6.07, 6.45) is 0.218. The van der Waals surface area contributed by atoms with Crippen LogP contribution in [0, 0.1) is 5.92 Å². The van der Waals surface area contributed by atoms with Crippen molar-refractivity contribution in [3.63, 3.8) is 0 Å². The SMILES string of the molecule is CCCCN(C[C@@H](O)[C@H](Cc1ccccc1)NC(=O)[C@@H](NC(=O)OC(C)(C)C)[C@@H](C)CC)S(=O)(=O)c1ccc(OC)cc1. The number of sulfonamides is 1. The molecule has 4 atom stereocenters. The quantitative estimate of drug-likeness (QED) is 0.252. The Balaban J connectivity index is 2.37. The third kappa shape index (κ3) is 11.5. The van der Waals surface area contributed by atoms with E-state index >= 15 is 0 Å². The maximum Gasteiger partial charge on any atom is 0.408 e. The van der Waals surface area contributed by atoms with Gasteiger partial charge in [-0.2, -0.15) is 4.31 Å². The van der Waals surface area contributed by atoms with Gasteiger partial charge in [0.05, 0.1) is 24.2 Å². The highest BCUT2D eigenvalue weighted by atomic mass is 32.2. The summed E-state index contributed by atoms with van der Waals surface area (Å²) in [6.45, 7) is 10.9. The molecule has 43 heavy (non-hydrogen) atoms. The number of aliphatic hydroxyl groups is 1. The number of carbonyl (C=O) groups excluding carboxylic acids is 2. The van der Waals surface area contributed by atoms with Crippen LogP contribution in [0.15, 0.2) is 59.5 Å². The highest BCUT2D eigenvalue weighted by Crippen LogP contribution is 2.21. The molecule has 0 heterocycles. The Bertz CT molecular complexity index is 1250. The largest absolute Gasteiger partial charge is 0.497 e. The van der Waals surface area contributed by atoms with Gasteiger partial charge in [0.15, 0.2) is 0 Å². The molecule has 0 saturated carbocycles. The molecule has 2 aromatic rings. The number of hydrogen-bond acceptors (Lipinski definition) is 7. The third-order valence-electron chi connectivity index (χ3n) is 7.11. The second-order valence-corrected chi connectivity index (χ2v) is 13.7. The number of benzene rings is 2. The van der Waals surface area contributed by atoms with Crippen molar-refractivity contribution < 1.29 is 32.6 Å². The summed E-state index contributed by atoms with van der Waals surface area (Å²) >= 11 is 0. The number of carbonyl (C=O) groups is 2. The molecule has 0 fully saturated rings. The second kappa shape index (κ2) is 16.6. The number of hydrogen-bond donors (Lipinski definition) is 3. The Labute approximate surface area is 257 Å². The normalized spacial score (nSPS) is 14.8. The number of alkyl carbamates (subject to hydrolysis) is 1. The fourth-order valence-electron chi connectivity index (χ4n) is 4.44. The van der Waals surface area contributed by atoms with Crippen molar-refractivity contribution in [3.8, 4) is 5.75 Å². The van der Waals surface area contributed by atoms with Gasteiger partial charge in [0.2, 0.25) is 15.9 Å². The lowest BCUT2D eigenvalue weighted by atomic mass is 9.96. The lowest BCUT2D eigenvalue weighted by molar-refractivity contribution is -0.126. The van der Waals surface area contributed by atoms with E-state index in [9.17, 15) is 23.1 Å². The second-order valence-electron chi connectivity index (χ2n) is 11.8. The van der Waals surface area contributed by atoms with Gasteiger partial charge in [0.1, 0.15) is 17.4 Å². The maximum atomic E-state index is 13.7. The van der Waals surface area contributed by atoms with Crippen molar-refractivity contribution >= 4 is 22.0 Å². The van der Waals surface area contributed by atoms with Gasteiger partial charge in [-0.05, 0) is 69.4 Å². The van der Waals surface area contributed by atoms with Crippen LogP contribution in [-0.2, 0) is 26.0 Å². The van der Waals surface area contributed by atoms with Gasteiger partial charge in [-0.1, -0.05) is 63.9 Å². The van der Waals surface area contributed by atoms with Crippen LogP contribution < -0.4 is 15.4 Å². The fraction of sp³-hybridized carbons (Fsp3) is 0.562. The zero-order valence-corrected chi connectivity index (χ0v) is 27.3. The molecule has 0 spiro atoms. The number of ether oxygens (including phenoxy) is 2. The molecule has 10 nitrogen and oxygen atoms in total. The van der Waals surface area contributed by atoms with Gasteiger partial charge in [-0.15, -0.1) is 0 Å². The average molecular weight is 620 g/mol. The summed E-state index contributed by atoms with van der Waals surface area (Å²) in [5, 5.41) is 17.1. The number of unbranched alkanes of at least 4 members (excludes halogenated alkanes) is 1. The van der Waals surface area contributed by atoms with Gasteiger partial charge in [-0.3, -0.25) is 4.79 Å². The van der Waals surface area contributed by atoms with E-state index in [4.69, 9.17) is 9.47 Å². The minimum atomic E-state index is -3.96. The first-order chi connectivity index (χ1) is 20.2. The van der Waals surface area contributed by atoms with E-state index in [-0.39, 0.29) is 30.3 Å². The lowest BCUT2D eigenvalue weighted by Gasteiger charge is -2.32. The predicted molar refractivity (Wildman–Crippen MR) is 167 cm³/mol. The number of aliphatic hydroxyl groups excluding tert-OH is 1. The summed E-state index contributed by atoms with van der Waals surface area (Å²) in [4.78, 5) is 26.3. The van der Waals surface area contributed by atoms with Gasteiger partial charge in [0.25, 0.3) is 0 Å². The van der Waals surface area contributed by atoms with Gasteiger partial charge in [-0.25, -0.2) is 13.2 Å². The third-order valence-corrected chi connectivity index (χ3v) is 8.99. The summed E-state index contributed by atoms with van der Waals surface area (Å²) in [6, 6.07) is 13.7. The van der Waals surface area contributed by atoms with Crippen LogP contribution in [0.25, 0.3) is 0 Å². The Morgan fingerprint density at radius 3 is 2.16 bits per heavy atom. The smallest absolute Gasteiger partial charge is 0.408 e. The van der Waals surface area contributed by atoms with Crippen molar-refractivity contribution in [1.29, 1.82) is 0 Å². The zero-order valence-electron chi connectivity index (χ0n) is 26.5. The van der Waals surface area contributed by atoms with E-state index in [1.165, 1.54) is 23.5 Å². The monoisotopic (exact) mass is 619 g/mol. The molecule has 11 heteroatoms. The molecular weight excluding hydrogens is 570 g/mol. The van der Waals surface area contributed by atoms with Crippen LogP contribution in [0.2, 0.25) is 0 Å². The summed E-state index contributed by atoms with van der Waals surface area (Å²) in [5.74, 6) is -0.197. The molecule has 0 aromatic heterocycles. The van der Waals surface area contributed by atoms with Crippen molar-refractivity contribution in [1.82, 2.24) is 14.9 Å². The standard InChI is InChI=1S/C32H49N3O7S/c1-8-10-20-35(43(39,40)26-18-16-25(41-7)17-19-26)22-28(36)27(21-24-14-12-11-13-15-24)33-30(37)29(23(3)9-2)34-31(38)42-32(4,5)6/h11-19,23,27-29,36H,8-10,20-22H2,1-7H3,(H,33,37)(H,34,38)/t23-,27-,28+,29-/m0/s1. The van der Waals surface area contributed by atoms with Crippen LogP contribution in [0.4, 0.5) is 4.79 Å². The van der Waals surface area contributed by atoms with E-state index in [1.54, 1.807) is 32.9 Å². The molecule has 3 N–H and O–H groups in total. The molecule has 0 aliphatic carbocycles. The first-order valence-electron chi connectivity index (χ1n) is 14.9. The van der Waals surface area contributed by atoms with E-state index in [1.807, 2.05) is 51.1 Å². The highest BCUT2D eigenvalue weighted by Gasteiger charge is 2.34. The molecule has 2 aromatic carbocycles. The summed E-state index contributed by atoms with van der Waals surface area (Å²) < 4.78 is 39.2. The van der Waals surface area contributed by atoms with E-state index in [2.05, 4.69) is 10.6 Å². The topological polar surface area (TPSA) is 134 Å². The van der Waals surface area contributed by atoms with Crippen LogP contribution in [0.3, 0.4) is 0 Å². The van der Waals surface area contributed by atoms with Crippen molar-refractivity contribution in [2.75, 3.05) is 20.2 Å². The highest BCUT2D eigenvalue weighted by molar-refractivity contribution is 7.89. The van der Waals surface area contributed by atoms with Crippen molar-refractivity contribution in [3.05, 3.63) is 60.2 Å². The molecule has 0 aliphatic rings. The van der Waals surface area contributed by atoms with Crippen LogP contribution >= 0.6 is 0 Å². The Kier molecular flexibility index (Phi) is 13.9. The first-order valence-corrected chi connectivity index (χ1v) is 16.3. The Hall–Kier alpha value is -3.15. The molecule has 240 valence electrons. The summed E-state index contributed by atoms with van der Waals surface area (Å²) in [7, 11) is -2.46. The van der Waals surface area contributed by atoms with E-state index in [0.29, 0.717) is 18.6 Å². The van der Waals surface area contributed by atoms with Crippen LogP contribution in [0.1, 0.15) is 66.4 Å². The summed E-state index contributed by atoms with van der Waals surface area (Å²) in [5.41, 5.74) is 0.106. The van der Waals surface area contributed by atoms with E-state index in [0.717, 1.165) is 12.0 Å². The molecule has 0 saturated heterocycles. The predicted octanol–water partition coefficient (Wildman–Crippen LogP) is 4.51. The number of nitrogens with zero attached hydrogens (tertiary/aromatic N) is 1. The van der Waals surface area contributed by atoms with E-state index < -0.39 is 45.8 Å². The molecule has 0 bridgehead atoms. The molecule has 2 rings (SSSR count). The zero-order chi connectivity index (χ0) is 32.2. The minimum Gasteiger partial charge on any atom is -0.497 e. The Morgan fingerprint density at radius 1 is 1.00 bits per heavy atom. The lowest BCUT2D eigenvalue weighted by Crippen LogP contribution is -2.57. The average Bonchev–Trinajstić information content (AvgIpc) is 2.96. The molecule has 0 radical (unpaired) electrons. The number of methoxy groups -OCH3 is 1. The molecule has 2 amide bonds. The van der Waals surface area contributed by atoms with Gasteiger partial charge in [0, 0.05) is 13.1 Å². The molecule has 0 unspecified atom stereocenters. The first kappa shape index (κ1) is 36.0.